The van der Waals surface area contributed by atoms with Gasteiger partial charge in [-0.15, -0.1) is 0 Å². The number of benzene rings is 3. The number of nitrogens with zero attached hydrogens (tertiary/aromatic N) is 2. The lowest BCUT2D eigenvalue weighted by atomic mass is 9.93. The summed E-state index contributed by atoms with van der Waals surface area (Å²) < 4.78 is 11.0. The fraction of sp³-hybridized carbons (Fsp3) is 0.172. The number of carboxylic acids is 1. The van der Waals surface area contributed by atoms with Crippen LogP contribution in [0.4, 0.5) is 10.5 Å². The van der Waals surface area contributed by atoms with Gasteiger partial charge in [0.05, 0.1) is 29.0 Å². The Morgan fingerprint density at radius 2 is 1.85 bits per heavy atom. The molecule has 1 atom stereocenters. The number of fused-ring (bicyclic) bond motifs is 1. The highest BCUT2D eigenvalue weighted by atomic mass is 35.5. The first kappa shape index (κ1) is 24.7. The number of anilines is 1. The average Bonchev–Trinajstić information content (AvgIpc) is 3.38. The number of imidazole rings is 1. The summed E-state index contributed by atoms with van der Waals surface area (Å²) in [6.45, 7) is 1.74. The molecule has 6 rings (SSSR count). The number of aromatic amines is 1. The molecule has 0 radical (unpaired) electrons. The van der Waals surface area contributed by atoms with Crippen molar-refractivity contribution in [3.63, 3.8) is 0 Å². The molecule has 196 valence electrons. The number of amides is 1. The van der Waals surface area contributed by atoms with E-state index in [1.807, 2.05) is 42.5 Å². The summed E-state index contributed by atoms with van der Waals surface area (Å²) in [4.78, 5) is 32.0. The molecule has 1 fully saturated rings. The van der Waals surface area contributed by atoms with Crippen LogP contribution < -0.4 is 5.32 Å². The predicted octanol–water partition coefficient (Wildman–Crippen LogP) is 6.96. The third-order valence-electron chi connectivity index (χ3n) is 7.17. The van der Waals surface area contributed by atoms with Crippen molar-refractivity contribution in [2.45, 2.75) is 31.3 Å². The average molecular weight is 543 g/mol. The molecule has 9 nitrogen and oxygen atoms in total. The molecule has 1 amide bonds. The first-order valence-electron chi connectivity index (χ1n) is 12.3. The van der Waals surface area contributed by atoms with Crippen LogP contribution in [0, 0.1) is 0 Å². The van der Waals surface area contributed by atoms with Crippen molar-refractivity contribution in [3.8, 4) is 22.5 Å². The maximum Gasteiger partial charge on any atom is 0.412 e. The maximum atomic E-state index is 12.7. The van der Waals surface area contributed by atoms with E-state index in [-0.39, 0.29) is 0 Å². The first-order chi connectivity index (χ1) is 18.9. The number of nitrogens with one attached hydrogen (secondary N) is 2. The fourth-order valence-corrected chi connectivity index (χ4v) is 5.16. The second-order valence-corrected chi connectivity index (χ2v) is 9.92. The minimum atomic E-state index is -0.783. The lowest BCUT2D eigenvalue weighted by molar-refractivity contribution is -0.140. The Bertz CT molecular complexity index is 1700. The maximum absolute atomic E-state index is 12.7. The van der Waals surface area contributed by atoms with Crippen molar-refractivity contribution in [3.05, 3.63) is 89.3 Å². The SMILES string of the molecule is CC(OC(=O)Nc1cnoc1-c1ccc(-c2ccc(C3(C(=O)O)CC3)cc2)c2[nH]cnc12)c1ccccc1Cl. The molecule has 0 spiro atoms. The minimum Gasteiger partial charge on any atom is -0.481 e. The van der Waals surface area contributed by atoms with Crippen LogP contribution in [-0.4, -0.2) is 32.3 Å². The summed E-state index contributed by atoms with van der Waals surface area (Å²) in [5, 5.41) is 16.7. The quantitative estimate of drug-likeness (QED) is 0.202. The van der Waals surface area contributed by atoms with E-state index in [9.17, 15) is 14.7 Å². The molecular formula is C29H23ClN4O5. The van der Waals surface area contributed by atoms with Crippen molar-refractivity contribution in [2.24, 2.45) is 0 Å². The van der Waals surface area contributed by atoms with E-state index in [1.54, 1.807) is 31.5 Å². The van der Waals surface area contributed by atoms with Crippen molar-refractivity contribution in [1.29, 1.82) is 0 Å². The number of hydrogen-bond acceptors (Lipinski definition) is 6. The van der Waals surface area contributed by atoms with Gasteiger partial charge in [-0.1, -0.05) is 65.3 Å². The summed E-state index contributed by atoms with van der Waals surface area (Å²) in [5.41, 5.74) is 4.89. The Balaban J connectivity index is 1.26. The molecule has 39 heavy (non-hydrogen) atoms. The lowest BCUT2D eigenvalue weighted by Gasteiger charge is -2.15. The minimum absolute atomic E-state index is 0.327. The highest BCUT2D eigenvalue weighted by molar-refractivity contribution is 6.31. The highest BCUT2D eigenvalue weighted by Crippen LogP contribution is 2.49. The molecule has 1 unspecified atom stereocenters. The molecule has 1 saturated carbocycles. The summed E-state index contributed by atoms with van der Waals surface area (Å²) in [6.07, 6.45) is 3.03. The number of halogens is 1. The van der Waals surface area contributed by atoms with Crippen LogP contribution in [0.3, 0.4) is 0 Å². The molecule has 3 aromatic carbocycles. The third-order valence-corrected chi connectivity index (χ3v) is 7.51. The zero-order chi connectivity index (χ0) is 27.1. The molecule has 2 aromatic heterocycles. The van der Waals surface area contributed by atoms with Gasteiger partial charge in [-0.25, -0.2) is 9.78 Å². The molecule has 10 heteroatoms. The smallest absolute Gasteiger partial charge is 0.412 e. The van der Waals surface area contributed by atoms with E-state index in [1.165, 1.54) is 6.20 Å². The van der Waals surface area contributed by atoms with Crippen molar-refractivity contribution in [1.82, 2.24) is 15.1 Å². The van der Waals surface area contributed by atoms with Gasteiger partial charge in [0.2, 0.25) is 0 Å². The monoisotopic (exact) mass is 542 g/mol. The standard InChI is InChI=1S/C29H23ClN4O5/c1-16(19-4-2-3-5-22(19)30)38-28(37)34-23-14-33-39-26(23)21-11-10-20(24-25(21)32-15-31-24)17-6-8-18(9-7-17)29(12-13-29)27(35)36/h2-11,14-16H,12-13H2,1H3,(H,31,32)(H,34,37)(H,35,36). The van der Waals surface area contributed by atoms with E-state index < -0.39 is 23.6 Å². The van der Waals surface area contributed by atoms with Gasteiger partial charge in [0.1, 0.15) is 17.3 Å². The number of ether oxygens (including phenoxy) is 1. The Labute approximate surface area is 227 Å². The fourth-order valence-electron chi connectivity index (χ4n) is 4.87. The molecule has 0 aliphatic heterocycles. The molecule has 5 aromatic rings. The first-order valence-corrected chi connectivity index (χ1v) is 12.7. The van der Waals surface area contributed by atoms with Crippen LogP contribution in [0.5, 0.6) is 0 Å². The number of H-pyrrole nitrogens is 1. The van der Waals surface area contributed by atoms with Crippen molar-refractivity contribution in [2.75, 3.05) is 5.32 Å². The van der Waals surface area contributed by atoms with Crippen LogP contribution in [0.15, 0.2) is 77.7 Å². The molecule has 0 saturated heterocycles. The number of hydrogen-bond donors (Lipinski definition) is 3. The highest BCUT2D eigenvalue weighted by Gasteiger charge is 2.51. The molecule has 0 bridgehead atoms. The Morgan fingerprint density at radius 3 is 2.56 bits per heavy atom. The van der Waals surface area contributed by atoms with Gasteiger partial charge in [-0.05, 0) is 43.0 Å². The summed E-state index contributed by atoms with van der Waals surface area (Å²) in [6, 6.07) is 18.5. The number of carbonyl (C=O) groups excluding carboxylic acids is 1. The molecule has 1 aliphatic rings. The van der Waals surface area contributed by atoms with Gasteiger partial charge < -0.3 is 19.4 Å². The number of carbonyl (C=O) groups is 2. The zero-order valence-electron chi connectivity index (χ0n) is 20.8. The summed E-state index contributed by atoms with van der Waals surface area (Å²) >= 11 is 6.22. The van der Waals surface area contributed by atoms with E-state index >= 15 is 0 Å². The van der Waals surface area contributed by atoms with Crippen LogP contribution in [0.25, 0.3) is 33.5 Å². The lowest BCUT2D eigenvalue weighted by Crippen LogP contribution is -2.19. The van der Waals surface area contributed by atoms with E-state index in [0.717, 1.165) is 22.2 Å². The van der Waals surface area contributed by atoms with Gasteiger partial charge in [0.25, 0.3) is 0 Å². The predicted molar refractivity (Wildman–Crippen MR) is 146 cm³/mol. The zero-order valence-corrected chi connectivity index (χ0v) is 21.5. The van der Waals surface area contributed by atoms with Gasteiger partial charge in [0.15, 0.2) is 5.76 Å². The number of carboxylic acid groups (broad SMARTS) is 1. The van der Waals surface area contributed by atoms with Gasteiger partial charge in [-0.3, -0.25) is 10.1 Å². The largest absolute Gasteiger partial charge is 0.481 e. The molecule has 1 aliphatic carbocycles. The van der Waals surface area contributed by atoms with Gasteiger partial charge in [-0.2, -0.15) is 0 Å². The van der Waals surface area contributed by atoms with Crippen molar-refractivity contribution < 1.29 is 24.0 Å². The van der Waals surface area contributed by atoms with E-state index in [2.05, 4.69) is 20.4 Å². The Morgan fingerprint density at radius 1 is 1.10 bits per heavy atom. The number of rotatable bonds is 7. The molecule has 2 heterocycles. The second-order valence-electron chi connectivity index (χ2n) is 9.51. The number of aromatic nitrogens is 3. The van der Waals surface area contributed by atoms with Gasteiger partial charge >= 0.3 is 12.1 Å². The molecular weight excluding hydrogens is 520 g/mol. The van der Waals surface area contributed by atoms with Crippen LogP contribution in [0.2, 0.25) is 5.02 Å². The van der Waals surface area contributed by atoms with Gasteiger partial charge in [0, 0.05) is 16.1 Å². The van der Waals surface area contributed by atoms with Crippen LogP contribution in [-0.2, 0) is 14.9 Å². The normalized spacial score (nSPS) is 14.6. The Hall–Kier alpha value is -4.63. The van der Waals surface area contributed by atoms with E-state index in [0.29, 0.717) is 46.0 Å². The van der Waals surface area contributed by atoms with Crippen LogP contribution in [0.1, 0.15) is 37.0 Å². The summed E-state index contributed by atoms with van der Waals surface area (Å²) in [7, 11) is 0. The Kier molecular flexibility index (Phi) is 6.07. The topological polar surface area (TPSA) is 130 Å². The van der Waals surface area contributed by atoms with E-state index in [4.69, 9.17) is 20.9 Å². The summed E-state index contributed by atoms with van der Waals surface area (Å²) in [5.74, 6) is -0.456. The van der Waals surface area contributed by atoms with Crippen molar-refractivity contribution >= 4 is 40.4 Å². The second kappa shape index (κ2) is 9.59. The third kappa shape index (κ3) is 4.40. The number of aliphatic carboxylic acids is 1. The van der Waals surface area contributed by atoms with Crippen LogP contribution >= 0.6 is 11.6 Å². The molecule has 3 N–H and O–H groups in total.